The zero-order valence-electron chi connectivity index (χ0n) is 11.3. The van der Waals surface area contributed by atoms with E-state index < -0.39 is 0 Å². The molecular weight excluding hydrogens is 230 g/mol. The number of hydrogen-bond acceptors (Lipinski definition) is 3. The van der Waals surface area contributed by atoms with Gasteiger partial charge in [0.25, 0.3) is 0 Å². The van der Waals surface area contributed by atoms with E-state index in [1.807, 2.05) is 17.5 Å². The molecule has 0 aliphatic carbocycles. The Labute approximate surface area is 109 Å². The van der Waals surface area contributed by atoms with Gasteiger partial charge in [-0.25, -0.2) is 0 Å². The van der Waals surface area contributed by atoms with Gasteiger partial charge in [0.1, 0.15) is 0 Å². The molecule has 0 bridgehead atoms. The maximum atomic E-state index is 12.0. The van der Waals surface area contributed by atoms with Crippen LogP contribution in [0.5, 0.6) is 0 Å². The van der Waals surface area contributed by atoms with Gasteiger partial charge >= 0.3 is 0 Å². The Morgan fingerprint density at radius 3 is 2.24 bits per heavy atom. The van der Waals surface area contributed by atoms with E-state index in [9.17, 15) is 4.79 Å². The Morgan fingerprint density at radius 1 is 1.24 bits per heavy atom. The molecule has 0 saturated carbocycles. The minimum Gasteiger partial charge on any atom is -0.295 e. The zero-order valence-corrected chi connectivity index (χ0v) is 12.1. The van der Waals surface area contributed by atoms with Crippen molar-refractivity contribution in [2.24, 2.45) is 11.8 Å². The Balaban J connectivity index is 2.56. The number of ketones is 1. The molecule has 17 heavy (non-hydrogen) atoms. The topological polar surface area (TPSA) is 20.3 Å². The van der Waals surface area contributed by atoms with Crippen molar-refractivity contribution in [1.29, 1.82) is 0 Å². The average molecular weight is 253 g/mol. The Hall–Kier alpha value is -0.670. The molecule has 1 rings (SSSR count). The Morgan fingerprint density at radius 2 is 1.82 bits per heavy atom. The minimum absolute atomic E-state index is 0.251. The van der Waals surface area contributed by atoms with Crippen LogP contribution >= 0.6 is 11.3 Å². The third kappa shape index (κ3) is 5.46. The number of nitrogens with zero attached hydrogens (tertiary/aromatic N) is 1. The normalized spacial score (nSPS) is 11.7. The van der Waals surface area contributed by atoms with Crippen molar-refractivity contribution in [2.45, 2.75) is 27.7 Å². The first-order chi connectivity index (χ1) is 7.99. The molecule has 0 fully saturated rings. The number of rotatable bonds is 7. The van der Waals surface area contributed by atoms with Crippen LogP contribution in [0.15, 0.2) is 17.5 Å². The summed E-state index contributed by atoms with van der Waals surface area (Å²) in [5, 5.41) is 1.96. The zero-order chi connectivity index (χ0) is 12.8. The molecule has 0 spiro atoms. The van der Waals surface area contributed by atoms with Gasteiger partial charge in [0.15, 0.2) is 5.78 Å². The summed E-state index contributed by atoms with van der Waals surface area (Å²) in [4.78, 5) is 15.2. The summed E-state index contributed by atoms with van der Waals surface area (Å²) >= 11 is 1.53. The van der Waals surface area contributed by atoms with E-state index in [0.717, 1.165) is 18.0 Å². The highest BCUT2D eigenvalue weighted by Gasteiger charge is 2.15. The lowest BCUT2D eigenvalue weighted by Gasteiger charge is -2.25. The first kappa shape index (κ1) is 14.4. The highest BCUT2D eigenvalue weighted by Crippen LogP contribution is 2.11. The smallest absolute Gasteiger partial charge is 0.186 e. The number of Topliss-reactive ketones (excluding diaryl/α,β-unsaturated/α-hetero) is 1. The van der Waals surface area contributed by atoms with Crippen molar-refractivity contribution in [1.82, 2.24) is 4.90 Å². The Kier molecular flexibility index (Phi) is 5.86. The van der Waals surface area contributed by atoms with Gasteiger partial charge in [-0.1, -0.05) is 33.8 Å². The number of carbonyl (C=O) groups is 1. The van der Waals surface area contributed by atoms with Crippen molar-refractivity contribution in [3.8, 4) is 0 Å². The summed E-state index contributed by atoms with van der Waals surface area (Å²) in [7, 11) is 0. The first-order valence-corrected chi connectivity index (χ1v) is 7.16. The standard InChI is InChI=1S/C14H23NOS/c1-11(2)8-15(9-12(3)4)10-13(16)14-6-5-7-17-14/h5-7,11-12H,8-10H2,1-4H3. The van der Waals surface area contributed by atoms with Gasteiger partial charge in [-0.3, -0.25) is 9.69 Å². The molecule has 3 heteroatoms. The molecule has 2 nitrogen and oxygen atoms in total. The van der Waals surface area contributed by atoms with E-state index in [4.69, 9.17) is 0 Å². The summed E-state index contributed by atoms with van der Waals surface area (Å²) in [5.74, 6) is 1.45. The van der Waals surface area contributed by atoms with E-state index >= 15 is 0 Å². The molecule has 0 aromatic carbocycles. The van der Waals surface area contributed by atoms with E-state index in [0.29, 0.717) is 18.4 Å². The van der Waals surface area contributed by atoms with Crippen LogP contribution in [0.3, 0.4) is 0 Å². The average Bonchev–Trinajstić information content (AvgIpc) is 2.67. The fourth-order valence-corrected chi connectivity index (χ4v) is 2.61. The number of carbonyl (C=O) groups excluding carboxylic acids is 1. The second-order valence-corrected chi connectivity index (χ2v) is 6.33. The monoisotopic (exact) mass is 253 g/mol. The second-order valence-electron chi connectivity index (χ2n) is 5.38. The van der Waals surface area contributed by atoms with Crippen LogP contribution in [-0.2, 0) is 0 Å². The number of thiophene rings is 1. The van der Waals surface area contributed by atoms with Crippen LogP contribution < -0.4 is 0 Å². The van der Waals surface area contributed by atoms with Gasteiger partial charge in [-0.05, 0) is 23.3 Å². The lowest BCUT2D eigenvalue weighted by molar-refractivity contribution is 0.0916. The SMILES string of the molecule is CC(C)CN(CC(=O)c1cccs1)CC(C)C. The molecule has 0 aliphatic heterocycles. The molecular formula is C14H23NOS. The van der Waals surface area contributed by atoms with Crippen LogP contribution in [0.4, 0.5) is 0 Å². The van der Waals surface area contributed by atoms with Crippen LogP contribution in [-0.4, -0.2) is 30.3 Å². The minimum atomic E-state index is 0.251. The van der Waals surface area contributed by atoms with Gasteiger partial charge < -0.3 is 0 Å². The van der Waals surface area contributed by atoms with Crippen LogP contribution in [0, 0.1) is 11.8 Å². The van der Waals surface area contributed by atoms with E-state index in [1.54, 1.807) is 0 Å². The van der Waals surface area contributed by atoms with Gasteiger partial charge in [-0.15, -0.1) is 11.3 Å². The molecule has 0 saturated heterocycles. The second kappa shape index (κ2) is 6.92. The van der Waals surface area contributed by atoms with Crippen molar-refractivity contribution in [2.75, 3.05) is 19.6 Å². The van der Waals surface area contributed by atoms with E-state index in [2.05, 4.69) is 32.6 Å². The molecule has 0 radical (unpaired) electrons. The van der Waals surface area contributed by atoms with Crippen LogP contribution in [0.1, 0.15) is 37.4 Å². The van der Waals surface area contributed by atoms with Crippen molar-refractivity contribution in [3.63, 3.8) is 0 Å². The fraction of sp³-hybridized carbons (Fsp3) is 0.643. The predicted molar refractivity (Wildman–Crippen MR) is 74.8 cm³/mol. The van der Waals surface area contributed by atoms with Gasteiger partial charge in [-0.2, -0.15) is 0 Å². The maximum absolute atomic E-state index is 12.0. The summed E-state index contributed by atoms with van der Waals surface area (Å²) in [5.41, 5.74) is 0. The van der Waals surface area contributed by atoms with Gasteiger partial charge in [0, 0.05) is 13.1 Å². The van der Waals surface area contributed by atoms with Gasteiger partial charge in [0.2, 0.25) is 0 Å². The molecule has 1 aromatic rings. The molecule has 0 unspecified atom stereocenters. The molecule has 0 aliphatic rings. The van der Waals surface area contributed by atoms with Gasteiger partial charge in [0.05, 0.1) is 11.4 Å². The molecule has 96 valence electrons. The maximum Gasteiger partial charge on any atom is 0.186 e. The summed E-state index contributed by atoms with van der Waals surface area (Å²) in [6, 6.07) is 3.85. The van der Waals surface area contributed by atoms with Crippen LogP contribution in [0.2, 0.25) is 0 Å². The van der Waals surface area contributed by atoms with Crippen LogP contribution in [0.25, 0.3) is 0 Å². The molecule has 1 heterocycles. The van der Waals surface area contributed by atoms with Crippen molar-refractivity contribution in [3.05, 3.63) is 22.4 Å². The molecule has 0 amide bonds. The fourth-order valence-electron chi connectivity index (χ4n) is 1.95. The summed E-state index contributed by atoms with van der Waals surface area (Å²) in [6.45, 7) is 11.3. The predicted octanol–water partition coefficient (Wildman–Crippen LogP) is 3.54. The Bertz CT molecular complexity index is 320. The largest absolute Gasteiger partial charge is 0.295 e. The highest BCUT2D eigenvalue weighted by molar-refractivity contribution is 7.12. The molecule has 0 atom stereocenters. The molecule has 0 N–H and O–H groups in total. The van der Waals surface area contributed by atoms with E-state index in [1.165, 1.54) is 11.3 Å². The summed E-state index contributed by atoms with van der Waals surface area (Å²) < 4.78 is 0. The van der Waals surface area contributed by atoms with Crippen molar-refractivity contribution < 1.29 is 4.79 Å². The quantitative estimate of drug-likeness (QED) is 0.693. The lowest BCUT2D eigenvalue weighted by atomic mass is 10.1. The van der Waals surface area contributed by atoms with Crippen molar-refractivity contribution >= 4 is 17.1 Å². The lowest BCUT2D eigenvalue weighted by Crippen LogP contribution is -2.35. The third-order valence-corrected chi connectivity index (χ3v) is 3.32. The van der Waals surface area contributed by atoms with E-state index in [-0.39, 0.29) is 5.78 Å². The summed E-state index contributed by atoms with van der Waals surface area (Å²) in [6.07, 6.45) is 0. The first-order valence-electron chi connectivity index (χ1n) is 6.28. The molecule has 1 aromatic heterocycles. The third-order valence-electron chi connectivity index (χ3n) is 2.41. The number of hydrogen-bond donors (Lipinski definition) is 0. The highest BCUT2D eigenvalue weighted by atomic mass is 32.1.